The summed E-state index contributed by atoms with van der Waals surface area (Å²) in [6.07, 6.45) is 0.0665. The Morgan fingerprint density at radius 2 is 2.06 bits per heavy atom. The molecule has 86 valence electrons. The zero-order valence-corrected chi connectivity index (χ0v) is 7.69. The molecule has 2 rings (SSSR count). The van der Waals surface area contributed by atoms with Crippen LogP contribution < -0.4 is 0 Å². The molecule has 8 heteroatoms. The van der Waals surface area contributed by atoms with Crippen LogP contribution in [-0.4, -0.2) is 32.2 Å². The van der Waals surface area contributed by atoms with E-state index in [2.05, 4.69) is 15.0 Å². The molecule has 2 heterocycles. The molecule has 0 spiro atoms. The fourth-order valence-corrected chi connectivity index (χ4v) is 0.793. The van der Waals surface area contributed by atoms with Crippen LogP contribution in [0.5, 0.6) is 0 Å². The minimum atomic E-state index is -5.08. The summed E-state index contributed by atoms with van der Waals surface area (Å²) >= 11 is 0. The number of hydrogen-bond acceptors (Lipinski definition) is 3. The zero-order chi connectivity index (χ0) is 12.2. The number of alkyl halides is 3. The SMILES string of the molecule is O=C(O)C(F)(F)F.c1ncc2cc[nH]c2n1. The number of halogens is 3. The van der Waals surface area contributed by atoms with Gasteiger partial charge in [-0.15, -0.1) is 0 Å². The second kappa shape index (κ2) is 4.60. The van der Waals surface area contributed by atoms with Crippen molar-refractivity contribution in [1.82, 2.24) is 15.0 Å². The van der Waals surface area contributed by atoms with Crippen LogP contribution in [0.4, 0.5) is 13.2 Å². The molecule has 2 N–H and O–H groups in total. The van der Waals surface area contributed by atoms with E-state index in [1.54, 1.807) is 6.20 Å². The first-order valence-electron chi connectivity index (χ1n) is 3.94. The van der Waals surface area contributed by atoms with Crippen LogP contribution in [-0.2, 0) is 4.79 Å². The zero-order valence-electron chi connectivity index (χ0n) is 7.69. The average Bonchev–Trinajstić information content (AvgIpc) is 2.64. The van der Waals surface area contributed by atoms with E-state index < -0.39 is 12.1 Å². The number of hydrogen-bond donors (Lipinski definition) is 2. The minimum absolute atomic E-state index is 0.894. The van der Waals surface area contributed by atoms with Gasteiger partial charge >= 0.3 is 12.1 Å². The maximum atomic E-state index is 10.6. The molecular weight excluding hydrogens is 227 g/mol. The molecule has 16 heavy (non-hydrogen) atoms. The molecule has 2 aromatic heterocycles. The number of carbonyl (C=O) groups is 1. The molecule has 0 amide bonds. The van der Waals surface area contributed by atoms with Crippen molar-refractivity contribution in [1.29, 1.82) is 0 Å². The number of aromatic amines is 1. The fraction of sp³-hybridized carbons (Fsp3) is 0.125. The van der Waals surface area contributed by atoms with Crippen molar-refractivity contribution in [3.63, 3.8) is 0 Å². The average molecular weight is 233 g/mol. The van der Waals surface area contributed by atoms with Gasteiger partial charge in [-0.25, -0.2) is 14.8 Å². The van der Waals surface area contributed by atoms with Crippen LogP contribution in [0.25, 0.3) is 11.0 Å². The van der Waals surface area contributed by atoms with Gasteiger partial charge in [-0.1, -0.05) is 0 Å². The Morgan fingerprint density at radius 1 is 1.44 bits per heavy atom. The normalized spacial score (nSPS) is 10.7. The van der Waals surface area contributed by atoms with Gasteiger partial charge in [0, 0.05) is 17.8 Å². The lowest BCUT2D eigenvalue weighted by Gasteiger charge is -1.93. The number of fused-ring (bicyclic) bond motifs is 1. The Bertz CT molecular complexity index is 450. The Labute approximate surface area is 86.9 Å². The minimum Gasteiger partial charge on any atom is -0.475 e. The summed E-state index contributed by atoms with van der Waals surface area (Å²) in [5.41, 5.74) is 0.894. The van der Waals surface area contributed by atoms with Crippen molar-refractivity contribution in [3.8, 4) is 0 Å². The van der Waals surface area contributed by atoms with E-state index in [-0.39, 0.29) is 0 Å². The highest BCUT2D eigenvalue weighted by Crippen LogP contribution is 2.13. The molecule has 0 aliphatic rings. The van der Waals surface area contributed by atoms with Gasteiger partial charge in [-0.3, -0.25) is 0 Å². The number of H-pyrrole nitrogens is 1. The smallest absolute Gasteiger partial charge is 0.475 e. The van der Waals surface area contributed by atoms with E-state index in [9.17, 15) is 13.2 Å². The monoisotopic (exact) mass is 233 g/mol. The van der Waals surface area contributed by atoms with E-state index in [1.165, 1.54) is 6.33 Å². The van der Waals surface area contributed by atoms with Crippen molar-refractivity contribution >= 4 is 17.0 Å². The van der Waals surface area contributed by atoms with Gasteiger partial charge in [-0.2, -0.15) is 13.2 Å². The third kappa shape index (κ3) is 3.23. The van der Waals surface area contributed by atoms with Crippen LogP contribution in [0, 0.1) is 0 Å². The van der Waals surface area contributed by atoms with Gasteiger partial charge in [0.15, 0.2) is 0 Å². The van der Waals surface area contributed by atoms with Gasteiger partial charge in [-0.05, 0) is 6.07 Å². The number of aromatic nitrogens is 3. The van der Waals surface area contributed by atoms with Crippen molar-refractivity contribution in [3.05, 3.63) is 24.8 Å². The van der Waals surface area contributed by atoms with Crippen LogP contribution >= 0.6 is 0 Å². The Hall–Kier alpha value is -2.12. The number of nitrogens with one attached hydrogen (secondary N) is 1. The fourth-order valence-electron chi connectivity index (χ4n) is 0.793. The number of carboxylic acid groups (broad SMARTS) is 1. The number of rotatable bonds is 0. The lowest BCUT2D eigenvalue weighted by molar-refractivity contribution is -0.192. The summed E-state index contributed by atoms with van der Waals surface area (Å²) in [5.74, 6) is -2.76. The van der Waals surface area contributed by atoms with Crippen molar-refractivity contribution in [2.24, 2.45) is 0 Å². The van der Waals surface area contributed by atoms with Crippen molar-refractivity contribution in [2.75, 3.05) is 0 Å². The van der Waals surface area contributed by atoms with E-state index in [4.69, 9.17) is 9.90 Å². The van der Waals surface area contributed by atoms with E-state index >= 15 is 0 Å². The highest BCUT2D eigenvalue weighted by molar-refractivity contribution is 5.73. The summed E-state index contributed by atoms with van der Waals surface area (Å²) in [6, 6.07) is 1.94. The number of aliphatic carboxylic acids is 1. The quantitative estimate of drug-likeness (QED) is 0.724. The highest BCUT2D eigenvalue weighted by atomic mass is 19.4. The molecular formula is C8H6F3N3O2. The van der Waals surface area contributed by atoms with Crippen LogP contribution in [0.1, 0.15) is 0 Å². The largest absolute Gasteiger partial charge is 0.490 e. The summed E-state index contributed by atoms with van der Waals surface area (Å²) in [6.45, 7) is 0. The summed E-state index contributed by atoms with van der Waals surface area (Å²) < 4.78 is 31.7. The molecule has 0 saturated carbocycles. The van der Waals surface area contributed by atoms with Crippen molar-refractivity contribution in [2.45, 2.75) is 6.18 Å². The molecule has 0 fully saturated rings. The second-order valence-electron chi connectivity index (χ2n) is 2.61. The molecule has 0 aliphatic heterocycles. The predicted molar refractivity (Wildman–Crippen MR) is 47.6 cm³/mol. The first kappa shape index (κ1) is 12.0. The third-order valence-electron chi connectivity index (χ3n) is 1.47. The van der Waals surface area contributed by atoms with E-state index in [0.29, 0.717) is 0 Å². The van der Waals surface area contributed by atoms with Gasteiger partial charge in [0.2, 0.25) is 0 Å². The number of nitrogens with zero attached hydrogens (tertiary/aromatic N) is 2. The molecule has 0 aliphatic carbocycles. The maximum Gasteiger partial charge on any atom is 0.490 e. The molecule has 0 saturated heterocycles. The Balaban J connectivity index is 0.000000168. The lowest BCUT2D eigenvalue weighted by Crippen LogP contribution is -2.21. The van der Waals surface area contributed by atoms with Gasteiger partial charge in [0.25, 0.3) is 0 Å². The van der Waals surface area contributed by atoms with E-state index in [1.807, 2.05) is 12.3 Å². The summed E-state index contributed by atoms with van der Waals surface area (Å²) in [7, 11) is 0. The first-order valence-corrected chi connectivity index (χ1v) is 3.94. The molecule has 5 nitrogen and oxygen atoms in total. The molecule has 0 radical (unpaired) electrons. The standard InChI is InChI=1S/C6H5N3.C2HF3O2/c1-2-8-6-5(1)3-7-4-9-6;3-2(4,5)1(6)7/h1-4H,(H,7,8,9);(H,6,7). The molecule has 0 aromatic carbocycles. The van der Waals surface area contributed by atoms with E-state index in [0.717, 1.165) is 11.0 Å². The summed E-state index contributed by atoms with van der Waals surface area (Å²) in [5, 5.41) is 8.18. The van der Waals surface area contributed by atoms with Gasteiger partial charge in [0.05, 0.1) is 0 Å². The Morgan fingerprint density at radius 3 is 2.56 bits per heavy atom. The highest BCUT2D eigenvalue weighted by Gasteiger charge is 2.38. The molecule has 2 aromatic rings. The van der Waals surface area contributed by atoms with Gasteiger partial charge in [0.1, 0.15) is 12.0 Å². The summed E-state index contributed by atoms with van der Waals surface area (Å²) in [4.78, 5) is 19.7. The maximum absolute atomic E-state index is 10.6. The van der Waals surface area contributed by atoms with Crippen molar-refractivity contribution < 1.29 is 23.1 Å². The first-order chi connectivity index (χ1) is 7.41. The number of carboxylic acids is 1. The topological polar surface area (TPSA) is 78.9 Å². The van der Waals surface area contributed by atoms with Gasteiger partial charge < -0.3 is 10.1 Å². The van der Waals surface area contributed by atoms with Crippen LogP contribution in [0.2, 0.25) is 0 Å². The predicted octanol–water partition coefficient (Wildman–Crippen LogP) is 1.59. The Kier molecular flexibility index (Phi) is 3.44. The van der Waals surface area contributed by atoms with Crippen LogP contribution in [0.15, 0.2) is 24.8 Å². The molecule has 0 atom stereocenters. The lowest BCUT2D eigenvalue weighted by atomic mass is 10.4. The second-order valence-corrected chi connectivity index (χ2v) is 2.61. The third-order valence-corrected chi connectivity index (χ3v) is 1.47. The molecule has 0 bridgehead atoms. The van der Waals surface area contributed by atoms with Crippen LogP contribution in [0.3, 0.4) is 0 Å². The molecule has 0 unspecified atom stereocenters.